The number of hydrogen-bond donors (Lipinski definition) is 2. The van der Waals surface area contributed by atoms with Crippen LogP contribution in [0.25, 0.3) is 10.8 Å². The molecule has 174 valence electrons. The molecule has 34 heavy (non-hydrogen) atoms. The van der Waals surface area contributed by atoms with Crippen LogP contribution in [0.1, 0.15) is 17.5 Å². The number of rotatable bonds is 8. The van der Waals surface area contributed by atoms with Crippen LogP contribution in [0, 0.1) is 0 Å². The minimum atomic E-state index is -1.05. The van der Waals surface area contributed by atoms with Gasteiger partial charge in [-0.1, -0.05) is 65.8 Å². The van der Waals surface area contributed by atoms with Gasteiger partial charge in [0.25, 0.3) is 0 Å². The van der Waals surface area contributed by atoms with Gasteiger partial charge in [-0.05, 0) is 28.5 Å². The molecule has 1 aliphatic rings. The number of thioether (sulfide) groups is 1. The first-order chi connectivity index (χ1) is 16.4. The van der Waals surface area contributed by atoms with Crippen LogP contribution < -0.4 is 14.8 Å². The summed E-state index contributed by atoms with van der Waals surface area (Å²) in [5.41, 5.74) is 1.63. The SMILES string of the molecule is COc1cc(/C=N\N=C2/NC(=O)[C@H](CC(=O)O)S2)cc(Cl)c1OCc1cccc2ccccc12. The standard InChI is InChI=1S/C24H20ClN3O5S/c1-32-19-10-14(12-26-28-24-27-23(31)20(34-24)11-21(29)30)9-18(25)22(19)33-13-16-7-4-6-15-5-2-3-8-17(15)16/h2-10,12,20H,11,13H2,1H3,(H,29,30)(H,27,28,31)/b26-12-/t20-/m0/s1. The monoisotopic (exact) mass is 497 g/mol. The second-order valence-electron chi connectivity index (χ2n) is 7.30. The number of hydrogen-bond acceptors (Lipinski definition) is 7. The fraction of sp³-hybridized carbons (Fsp3) is 0.167. The molecule has 1 aliphatic heterocycles. The lowest BCUT2D eigenvalue weighted by atomic mass is 10.1. The highest BCUT2D eigenvalue weighted by atomic mass is 35.5. The lowest BCUT2D eigenvalue weighted by Gasteiger charge is -2.14. The Labute approximate surface area is 204 Å². The van der Waals surface area contributed by atoms with E-state index in [1.807, 2.05) is 42.5 Å². The van der Waals surface area contributed by atoms with Gasteiger partial charge in [0.1, 0.15) is 11.9 Å². The summed E-state index contributed by atoms with van der Waals surface area (Å²) < 4.78 is 11.5. The second-order valence-corrected chi connectivity index (χ2v) is 8.90. The molecular weight excluding hydrogens is 478 g/mol. The average Bonchev–Trinajstić information content (AvgIpc) is 3.16. The maximum atomic E-state index is 11.8. The zero-order valence-corrected chi connectivity index (χ0v) is 19.6. The van der Waals surface area contributed by atoms with E-state index in [9.17, 15) is 9.59 Å². The molecule has 3 aromatic rings. The van der Waals surface area contributed by atoms with Crippen molar-refractivity contribution in [3.05, 3.63) is 70.7 Å². The Morgan fingerprint density at radius 1 is 1.24 bits per heavy atom. The molecule has 0 aromatic heterocycles. The van der Waals surface area contributed by atoms with Gasteiger partial charge in [-0.3, -0.25) is 9.59 Å². The van der Waals surface area contributed by atoms with Crippen molar-refractivity contribution in [2.24, 2.45) is 10.2 Å². The first-order valence-corrected chi connectivity index (χ1v) is 11.5. The van der Waals surface area contributed by atoms with Crippen molar-refractivity contribution >= 4 is 57.4 Å². The fourth-order valence-corrected chi connectivity index (χ4v) is 4.60. The Kier molecular flexibility index (Phi) is 7.34. The lowest BCUT2D eigenvalue weighted by molar-refractivity contribution is -0.138. The van der Waals surface area contributed by atoms with Gasteiger partial charge in [0.2, 0.25) is 5.91 Å². The lowest BCUT2D eigenvalue weighted by Crippen LogP contribution is -2.26. The van der Waals surface area contributed by atoms with Gasteiger partial charge in [0, 0.05) is 5.56 Å². The van der Waals surface area contributed by atoms with Crippen molar-refractivity contribution in [2.45, 2.75) is 18.3 Å². The van der Waals surface area contributed by atoms with Crippen molar-refractivity contribution in [3.8, 4) is 11.5 Å². The number of fused-ring (bicyclic) bond motifs is 1. The number of amides is 1. The average molecular weight is 498 g/mol. The zero-order chi connectivity index (χ0) is 24.1. The van der Waals surface area contributed by atoms with E-state index in [-0.39, 0.29) is 11.6 Å². The molecule has 0 bridgehead atoms. The predicted molar refractivity (Wildman–Crippen MR) is 133 cm³/mol. The van der Waals surface area contributed by atoms with E-state index in [0.717, 1.165) is 28.1 Å². The Balaban J connectivity index is 1.48. The highest BCUT2D eigenvalue weighted by molar-refractivity contribution is 8.15. The van der Waals surface area contributed by atoms with Gasteiger partial charge < -0.3 is 19.9 Å². The van der Waals surface area contributed by atoms with Crippen LogP contribution in [0.3, 0.4) is 0 Å². The zero-order valence-electron chi connectivity index (χ0n) is 18.0. The molecule has 1 saturated heterocycles. The molecule has 8 nitrogen and oxygen atoms in total. The number of carboxylic acid groups (broad SMARTS) is 1. The summed E-state index contributed by atoms with van der Waals surface area (Å²) in [5.74, 6) is -0.608. The number of ether oxygens (including phenoxy) is 2. The molecule has 10 heteroatoms. The van der Waals surface area contributed by atoms with Crippen LogP contribution in [-0.2, 0) is 16.2 Å². The number of nitrogens with zero attached hydrogens (tertiary/aromatic N) is 2. The molecule has 0 spiro atoms. The number of carboxylic acids is 1. The van der Waals surface area contributed by atoms with Gasteiger partial charge in [0.05, 0.1) is 24.8 Å². The minimum absolute atomic E-state index is 0.237. The molecule has 1 amide bonds. The van der Waals surface area contributed by atoms with Gasteiger partial charge in [0.15, 0.2) is 16.7 Å². The third kappa shape index (κ3) is 5.49. The summed E-state index contributed by atoms with van der Waals surface area (Å²) in [7, 11) is 1.52. The Morgan fingerprint density at radius 2 is 2.03 bits per heavy atom. The molecule has 0 radical (unpaired) electrons. The van der Waals surface area contributed by atoms with Crippen molar-refractivity contribution in [2.75, 3.05) is 7.11 Å². The minimum Gasteiger partial charge on any atom is -0.493 e. The number of carbonyl (C=O) groups is 2. The van der Waals surface area contributed by atoms with Gasteiger partial charge in [-0.2, -0.15) is 5.10 Å². The van der Waals surface area contributed by atoms with Crippen LogP contribution in [0.5, 0.6) is 11.5 Å². The number of methoxy groups -OCH3 is 1. The Morgan fingerprint density at radius 3 is 2.82 bits per heavy atom. The number of aliphatic carboxylic acids is 1. The maximum absolute atomic E-state index is 11.8. The number of nitrogens with one attached hydrogen (secondary N) is 1. The first kappa shape index (κ1) is 23.6. The molecule has 3 aromatic carbocycles. The van der Waals surface area contributed by atoms with E-state index in [4.69, 9.17) is 26.2 Å². The maximum Gasteiger partial charge on any atom is 0.305 e. The molecule has 4 rings (SSSR count). The van der Waals surface area contributed by atoms with E-state index in [1.54, 1.807) is 12.1 Å². The highest BCUT2D eigenvalue weighted by Crippen LogP contribution is 2.37. The third-order valence-corrected chi connectivity index (χ3v) is 6.35. The van der Waals surface area contributed by atoms with Crippen molar-refractivity contribution in [1.29, 1.82) is 0 Å². The van der Waals surface area contributed by atoms with Crippen LogP contribution >= 0.6 is 23.4 Å². The quantitative estimate of drug-likeness (QED) is 0.351. The van der Waals surface area contributed by atoms with Gasteiger partial charge in [-0.15, -0.1) is 5.10 Å². The van der Waals surface area contributed by atoms with Crippen LogP contribution in [0.15, 0.2) is 64.8 Å². The molecule has 2 N–H and O–H groups in total. The van der Waals surface area contributed by atoms with E-state index in [1.165, 1.54) is 13.3 Å². The predicted octanol–water partition coefficient (Wildman–Crippen LogP) is 4.48. The normalized spacial score (nSPS) is 16.8. The highest BCUT2D eigenvalue weighted by Gasteiger charge is 2.32. The molecule has 1 atom stereocenters. The molecule has 0 aliphatic carbocycles. The Hall–Kier alpha value is -3.56. The third-order valence-electron chi connectivity index (χ3n) is 5.00. The first-order valence-electron chi connectivity index (χ1n) is 10.2. The van der Waals surface area contributed by atoms with Crippen molar-refractivity contribution in [3.63, 3.8) is 0 Å². The molecule has 0 unspecified atom stereocenters. The van der Waals surface area contributed by atoms with E-state index in [0.29, 0.717) is 28.7 Å². The number of benzene rings is 3. The van der Waals surface area contributed by atoms with E-state index < -0.39 is 17.1 Å². The fourth-order valence-electron chi connectivity index (χ4n) is 3.42. The number of carbonyl (C=O) groups excluding carboxylic acids is 1. The molecule has 1 heterocycles. The molecular formula is C24H20ClN3O5S. The van der Waals surface area contributed by atoms with Gasteiger partial charge >= 0.3 is 5.97 Å². The smallest absolute Gasteiger partial charge is 0.305 e. The Bertz CT molecular complexity index is 1310. The van der Waals surface area contributed by atoms with Crippen LogP contribution in [-0.4, -0.2) is 40.7 Å². The molecule has 0 saturated carbocycles. The second kappa shape index (κ2) is 10.6. The van der Waals surface area contributed by atoms with Gasteiger partial charge in [-0.25, -0.2) is 0 Å². The summed E-state index contributed by atoms with van der Waals surface area (Å²) in [6, 6.07) is 17.5. The number of amidine groups is 1. The number of halogens is 1. The largest absolute Gasteiger partial charge is 0.493 e. The summed E-state index contributed by atoms with van der Waals surface area (Å²) in [4.78, 5) is 22.6. The summed E-state index contributed by atoms with van der Waals surface area (Å²) in [6.45, 7) is 0.312. The summed E-state index contributed by atoms with van der Waals surface area (Å²) in [5, 5.41) is 21.4. The van der Waals surface area contributed by atoms with Crippen molar-refractivity contribution in [1.82, 2.24) is 5.32 Å². The summed E-state index contributed by atoms with van der Waals surface area (Å²) >= 11 is 7.50. The van der Waals surface area contributed by atoms with E-state index in [2.05, 4.69) is 15.5 Å². The summed E-state index contributed by atoms with van der Waals surface area (Å²) in [6.07, 6.45) is 1.17. The van der Waals surface area contributed by atoms with Crippen LogP contribution in [0.2, 0.25) is 5.02 Å². The van der Waals surface area contributed by atoms with E-state index >= 15 is 0 Å². The van der Waals surface area contributed by atoms with Crippen LogP contribution in [0.4, 0.5) is 0 Å². The van der Waals surface area contributed by atoms with Crippen molar-refractivity contribution < 1.29 is 24.2 Å². The topological polar surface area (TPSA) is 110 Å². The molecule has 1 fully saturated rings.